The summed E-state index contributed by atoms with van der Waals surface area (Å²) in [6.07, 6.45) is 6.05. The Bertz CT molecular complexity index is 165. The first-order valence-electron chi connectivity index (χ1n) is 4.84. The first-order valence-corrected chi connectivity index (χ1v) is 4.84. The Balaban J connectivity index is 2.35. The van der Waals surface area contributed by atoms with Gasteiger partial charge in [0.05, 0.1) is 12.5 Å². The molecule has 1 atom stereocenters. The molecule has 1 aliphatic carbocycles. The van der Waals surface area contributed by atoms with Gasteiger partial charge in [0.1, 0.15) is 0 Å². The Morgan fingerprint density at radius 2 is 2.08 bits per heavy atom. The molecule has 1 unspecified atom stereocenters. The van der Waals surface area contributed by atoms with Crippen molar-refractivity contribution in [3.05, 3.63) is 0 Å². The van der Waals surface area contributed by atoms with E-state index >= 15 is 0 Å². The van der Waals surface area contributed by atoms with Crippen LogP contribution in [0.3, 0.4) is 0 Å². The van der Waals surface area contributed by atoms with E-state index in [2.05, 4.69) is 24.9 Å². The number of nitriles is 1. The topological polar surface area (TPSA) is 27.0 Å². The minimum Gasteiger partial charge on any atom is -0.300 e. The molecule has 0 amide bonds. The maximum absolute atomic E-state index is 8.55. The average molecular weight is 166 g/mol. The molecule has 0 heterocycles. The van der Waals surface area contributed by atoms with Crippen molar-refractivity contribution in [2.24, 2.45) is 0 Å². The van der Waals surface area contributed by atoms with Crippen molar-refractivity contribution in [3.8, 4) is 6.07 Å². The highest BCUT2D eigenvalue weighted by molar-refractivity contribution is 4.83. The van der Waals surface area contributed by atoms with Crippen LogP contribution in [0.5, 0.6) is 0 Å². The van der Waals surface area contributed by atoms with E-state index in [0.29, 0.717) is 12.5 Å². The largest absolute Gasteiger partial charge is 0.300 e. The standard InChI is InChI=1S/C10H18N2/c1-9(7-8-11)12(2)10-5-3-4-6-10/h9-10H,3-7H2,1-2H3. The minimum absolute atomic E-state index is 0.429. The number of hydrogen-bond donors (Lipinski definition) is 0. The van der Waals surface area contributed by atoms with Gasteiger partial charge in [-0.3, -0.25) is 4.90 Å². The third-order valence-electron chi connectivity index (χ3n) is 2.98. The van der Waals surface area contributed by atoms with Crippen LogP contribution in [0.2, 0.25) is 0 Å². The molecule has 0 bridgehead atoms. The SMILES string of the molecule is CC(CC#N)N(C)C1CCCC1. The Kier molecular flexibility index (Phi) is 3.55. The molecule has 68 valence electrons. The summed E-state index contributed by atoms with van der Waals surface area (Å²) in [5.41, 5.74) is 0. The fraction of sp³-hybridized carbons (Fsp3) is 0.900. The lowest BCUT2D eigenvalue weighted by atomic mass is 10.1. The van der Waals surface area contributed by atoms with E-state index in [4.69, 9.17) is 5.26 Å². The van der Waals surface area contributed by atoms with Crippen molar-refractivity contribution < 1.29 is 0 Å². The maximum atomic E-state index is 8.55. The van der Waals surface area contributed by atoms with Crippen molar-refractivity contribution in [1.29, 1.82) is 5.26 Å². The first-order chi connectivity index (χ1) is 5.75. The highest BCUT2D eigenvalue weighted by Crippen LogP contribution is 2.24. The summed E-state index contributed by atoms with van der Waals surface area (Å²) in [6, 6.07) is 3.40. The Morgan fingerprint density at radius 1 is 1.50 bits per heavy atom. The monoisotopic (exact) mass is 166 g/mol. The van der Waals surface area contributed by atoms with Crippen molar-refractivity contribution >= 4 is 0 Å². The number of hydrogen-bond acceptors (Lipinski definition) is 2. The third kappa shape index (κ3) is 2.22. The summed E-state index contributed by atoms with van der Waals surface area (Å²) >= 11 is 0. The van der Waals surface area contributed by atoms with Crippen molar-refractivity contribution in [2.75, 3.05) is 7.05 Å². The molecule has 1 saturated carbocycles. The molecule has 2 nitrogen and oxygen atoms in total. The normalized spacial score (nSPS) is 21.2. The Hall–Kier alpha value is -0.550. The molecule has 0 spiro atoms. The summed E-state index contributed by atoms with van der Waals surface area (Å²) < 4.78 is 0. The second-order valence-electron chi connectivity index (χ2n) is 3.82. The lowest BCUT2D eigenvalue weighted by molar-refractivity contribution is 0.188. The van der Waals surface area contributed by atoms with E-state index in [1.54, 1.807) is 0 Å². The Morgan fingerprint density at radius 3 is 2.58 bits per heavy atom. The smallest absolute Gasteiger partial charge is 0.0638 e. The summed E-state index contributed by atoms with van der Waals surface area (Å²) in [5, 5.41) is 8.55. The molecular formula is C10H18N2. The van der Waals surface area contributed by atoms with E-state index in [9.17, 15) is 0 Å². The van der Waals surface area contributed by atoms with Crippen molar-refractivity contribution in [2.45, 2.75) is 51.1 Å². The molecule has 0 N–H and O–H groups in total. The summed E-state index contributed by atoms with van der Waals surface area (Å²) in [5.74, 6) is 0. The number of nitrogens with zero attached hydrogens (tertiary/aromatic N) is 2. The van der Waals surface area contributed by atoms with Gasteiger partial charge < -0.3 is 0 Å². The van der Waals surface area contributed by atoms with Gasteiger partial charge in [0.2, 0.25) is 0 Å². The zero-order chi connectivity index (χ0) is 8.97. The first kappa shape index (κ1) is 9.54. The maximum Gasteiger partial charge on any atom is 0.0638 e. The van der Waals surface area contributed by atoms with Gasteiger partial charge in [-0.2, -0.15) is 5.26 Å². The lowest BCUT2D eigenvalue weighted by Crippen LogP contribution is -2.36. The third-order valence-corrected chi connectivity index (χ3v) is 2.98. The fourth-order valence-electron chi connectivity index (χ4n) is 1.95. The molecule has 0 aromatic rings. The molecular weight excluding hydrogens is 148 g/mol. The van der Waals surface area contributed by atoms with Gasteiger partial charge in [-0.25, -0.2) is 0 Å². The van der Waals surface area contributed by atoms with Gasteiger partial charge in [-0.1, -0.05) is 12.8 Å². The predicted octanol–water partition coefficient (Wildman–Crippen LogP) is 2.16. The molecule has 1 aliphatic rings. The van der Waals surface area contributed by atoms with Crippen molar-refractivity contribution in [1.82, 2.24) is 4.90 Å². The highest BCUT2D eigenvalue weighted by atomic mass is 15.2. The molecule has 2 heteroatoms. The summed E-state index contributed by atoms with van der Waals surface area (Å²) in [7, 11) is 2.15. The highest BCUT2D eigenvalue weighted by Gasteiger charge is 2.22. The van der Waals surface area contributed by atoms with E-state index in [0.717, 1.165) is 6.04 Å². The predicted molar refractivity (Wildman–Crippen MR) is 49.7 cm³/mol. The van der Waals surface area contributed by atoms with E-state index in [-0.39, 0.29) is 0 Å². The molecule has 0 radical (unpaired) electrons. The van der Waals surface area contributed by atoms with Crippen LogP contribution in [0.4, 0.5) is 0 Å². The van der Waals surface area contributed by atoms with Crippen LogP contribution in [0.15, 0.2) is 0 Å². The Labute approximate surface area is 75.2 Å². The number of rotatable bonds is 3. The van der Waals surface area contributed by atoms with Crippen LogP contribution < -0.4 is 0 Å². The zero-order valence-electron chi connectivity index (χ0n) is 8.08. The molecule has 0 aromatic heterocycles. The van der Waals surface area contributed by atoms with Crippen LogP contribution in [0, 0.1) is 11.3 Å². The molecule has 1 fully saturated rings. The van der Waals surface area contributed by atoms with E-state index in [1.165, 1.54) is 25.7 Å². The van der Waals surface area contributed by atoms with E-state index in [1.807, 2.05) is 0 Å². The summed E-state index contributed by atoms with van der Waals surface area (Å²) in [6.45, 7) is 2.14. The van der Waals surface area contributed by atoms with Crippen LogP contribution in [-0.2, 0) is 0 Å². The van der Waals surface area contributed by atoms with Crippen LogP contribution in [0.25, 0.3) is 0 Å². The molecule has 0 aromatic carbocycles. The molecule has 0 aliphatic heterocycles. The minimum atomic E-state index is 0.429. The lowest BCUT2D eigenvalue weighted by Gasteiger charge is -2.28. The van der Waals surface area contributed by atoms with Crippen LogP contribution in [0.1, 0.15) is 39.0 Å². The van der Waals surface area contributed by atoms with E-state index < -0.39 is 0 Å². The van der Waals surface area contributed by atoms with Gasteiger partial charge in [0, 0.05) is 12.1 Å². The van der Waals surface area contributed by atoms with Crippen LogP contribution in [-0.4, -0.2) is 24.0 Å². The van der Waals surface area contributed by atoms with Crippen LogP contribution >= 0.6 is 0 Å². The quantitative estimate of drug-likeness (QED) is 0.642. The second kappa shape index (κ2) is 4.47. The molecule has 12 heavy (non-hydrogen) atoms. The fourth-order valence-corrected chi connectivity index (χ4v) is 1.95. The van der Waals surface area contributed by atoms with Gasteiger partial charge in [0.25, 0.3) is 0 Å². The molecule has 1 rings (SSSR count). The van der Waals surface area contributed by atoms with Gasteiger partial charge in [0.15, 0.2) is 0 Å². The molecule has 0 saturated heterocycles. The second-order valence-corrected chi connectivity index (χ2v) is 3.82. The zero-order valence-corrected chi connectivity index (χ0v) is 8.08. The van der Waals surface area contributed by atoms with Gasteiger partial charge in [-0.05, 0) is 26.8 Å². The average Bonchev–Trinajstić information content (AvgIpc) is 2.55. The van der Waals surface area contributed by atoms with Crippen molar-refractivity contribution in [3.63, 3.8) is 0 Å². The summed E-state index contributed by atoms with van der Waals surface area (Å²) in [4.78, 5) is 2.37. The van der Waals surface area contributed by atoms with Gasteiger partial charge in [-0.15, -0.1) is 0 Å². The van der Waals surface area contributed by atoms with Gasteiger partial charge >= 0.3 is 0 Å².